The van der Waals surface area contributed by atoms with E-state index in [1.807, 2.05) is 61.5 Å². The molecular formula is C24H32N2O5. The highest BCUT2D eigenvalue weighted by molar-refractivity contribution is 5.80. The molecule has 2 aromatic carbocycles. The van der Waals surface area contributed by atoms with Gasteiger partial charge in [-0.2, -0.15) is 0 Å². The summed E-state index contributed by atoms with van der Waals surface area (Å²) in [4.78, 5) is 24.8. The fourth-order valence-corrected chi connectivity index (χ4v) is 3.14. The number of benzene rings is 2. The van der Waals surface area contributed by atoms with Crippen LogP contribution in [0.15, 0.2) is 48.5 Å². The average Bonchev–Trinajstić information content (AvgIpc) is 2.75. The van der Waals surface area contributed by atoms with Gasteiger partial charge >= 0.3 is 5.97 Å². The lowest BCUT2D eigenvalue weighted by molar-refractivity contribution is -0.152. The number of ether oxygens (including phenoxy) is 3. The molecule has 1 amide bonds. The molecule has 0 fully saturated rings. The Labute approximate surface area is 184 Å². The molecule has 2 aromatic rings. The van der Waals surface area contributed by atoms with Gasteiger partial charge in [0.15, 0.2) is 0 Å². The molecular weight excluding hydrogens is 396 g/mol. The van der Waals surface area contributed by atoms with Gasteiger partial charge in [0.2, 0.25) is 5.91 Å². The predicted octanol–water partition coefficient (Wildman–Crippen LogP) is 2.60. The van der Waals surface area contributed by atoms with Crippen LogP contribution in [-0.2, 0) is 27.2 Å². The number of nitrogens with two attached hydrogens (primary N) is 1. The molecule has 0 radical (unpaired) electrons. The second-order valence-electron chi connectivity index (χ2n) is 7.61. The third-order valence-corrected chi connectivity index (χ3v) is 4.66. The van der Waals surface area contributed by atoms with E-state index >= 15 is 0 Å². The number of para-hydroxylation sites is 1. The number of esters is 1. The van der Waals surface area contributed by atoms with Crippen molar-refractivity contribution < 1.29 is 23.8 Å². The van der Waals surface area contributed by atoms with Crippen LogP contribution in [0.1, 0.15) is 24.0 Å². The minimum Gasteiger partial charge on any atom is -0.497 e. The summed E-state index contributed by atoms with van der Waals surface area (Å²) in [5.41, 5.74) is 7.36. The number of carbonyl (C=O) groups excluding carboxylic acids is 2. The number of carbonyl (C=O) groups is 2. The maximum Gasteiger partial charge on any atom is 0.306 e. The van der Waals surface area contributed by atoms with Crippen molar-refractivity contribution in [2.45, 2.75) is 31.8 Å². The minimum atomic E-state index is -0.526. The Hall–Kier alpha value is -3.06. The Kier molecular flexibility index (Phi) is 9.84. The average molecular weight is 429 g/mol. The summed E-state index contributed by atoms with van der Waals surface area (Å²) in [6.45, 7) is 0.727. The van der Waals surface area contributed by atoms with Gasteiger partial charge in [-0.1, -0.05) is 30.3 Å². The Morgan fingerprint density at radius 3 is 2.52 bits per heavy atom. The van der Waals surface area contributed by atoms with E-state index in [-0.39, 0.29) is 19.4 Å². The third-order valence-electron chi connectivity index (χ3n) is 4.66. The number of rotatable bonds is 13. The fourth-order valence-electron chi connectivity index (χ4n) is 3.14. The molecule has 0 aliphatic carbocycles. The molecule has 0 aromatic heterocycles. The van der Waals surface area contributed by atoms with E-state index in [0.717, 1.165) is 29.9 Å². The molecule has 7 nitrogen and oxygen atoms in total. The molecule has 168 valence electrons. The second kappa shape index (κ2) is 12.6. The lowest BCUT2D eigenvalue weighted by atomic mass is 10.0. The first-order chi connectivity index (χ1) is 14.9. The number of hydrogen-bond donors (Lipinski definition) is 1. The zero-order chi connectivity index (χ0) is 22.6. The van der Waals surface area contributed by atoms with Gasteiger partial charge < -0.3 is 24.8 Å². The van der Waals surface area contributed by atoms with Crippen LogP contribution in [0.3, 0.4) is 0 Å². The summed E-state index contributed by atoms with van der Waals surface area (Å²) in [6, 6.07) is 15.9. The molecule has 0 saturated carbocycles. The number of hydrogen-bond acceptors (Lipinski definition) is 6. The van der Waals surface area contributed by atoms with E-state index < -0.39 is 18.0 Å². The highest BCUT2D eigenvalue weighted by Gasteiger charge is 2.18. The van der Waals surface area contributed by atoms with Gasteiger partial charge in [0.25, 0.3) is 0 Å². The first-order valence-corrected chi connectivity index (χ1v) is 10.3. The Balaban J connectivity index is 1.98. The van der Waals surface area contributed by atoms with Crippen LogP contribution in [0.25, 0.3) is 0 Å². The van der Waals surface area contributed by atoms with E-state index in [1.165, 1.54) is 5.56 Å². The van der Waals surface area contributed by atoms with Gasteiger partial charge in [-0.05, 0) is 56.3 Å². The fraction of sp³-hybridized carbons (Fsp3) is 0.417. The number of methoxy groups -OCH3 is 1. The van der Waals surface area contributed by atoms with Crippen molar-refractivity contribution in [2.75, 3.05) is 34.4 Å². The third kappa shape index (κ3) is 9.09. The summed E-state index contributed by atoms with van der Waals surface area (Å²) >= 11 is 0. The van der Waals surface area contributed by atoms with Gasteiger partial charge in [-0.15, -0.1) is 0 Å². The van der Waals surface area contributed by atoms with Crippen LogP contribution in [0, 0.1) is 0 Å². The topological polar surface area (TPSA) is 91.1 Å². The summed E-state index contributed by atoms with van der Waals surface area (Å²) in [7, 11) is 5.45. The van der Waals surface area contributed by atoms with Gasteiger partial charge in [0.1, 0.15) is 24.2 Å². The van der Waals surface area contributed by atoms with Gasteiger partial charge in [-0.25, -0.2) is 0 Å². The number of primary amides is 1. The molecule has 0 heterocycles. The monoisotopic (exact) mass is 428 g/mol. The zero-order valence-electron chi connectivity index (χ0n) is 18.5. The molecule has 1 atom stereocenters. The quantitative estimate of drug-likeness (QED) is 0.493. The van der Waals surface area contributed by atoms with Crippen molar-refractivity contribution in [1.82, 2.24) is 4.90 Å². The van der Waals surface area contributed by atoms with Gasteiger partial charge in [0.05, 0.1) is 13.5 Å². The molecule has 0 saturated heterocycles. The maximum atomic E-state index is 12.0. The van der Waals surface area contributed by atoms with E-state index in [1.54, 1.807) is 7.11 Å². The second-order valence-corrected chi connectivity index (χ2v) is 7.61. The number of nitrogens with zero attached hydrogens (tertiary/aromatic N) is 1. The Bertz CT molecular complexity index is 853. The highest BCUT2D eigenvalue weighted by atomic mass is 16.6. The molecule has 2 N–H and O–H groups in total. The molecule has 0 unspecified atom stereocenters. The Morgan fingerprint density at radius 2 is 1.81 bits per heavy atom. The summed E-state index contributed by atoms with van der Waals surface area (Å²) in [5.74, 6) is 0.622. The van der Waals surface area contributed by atoms with Crippen molar-refractivity contribution in [1.29, 1.82) is 0 Å². The normalized spacial score (nSPS) is 11.7. The standard InChI is InChI=1S/C24H32N2O5/c1-26(2)16-21(31-24(28)14-13-23(25)27)17-30-22-10-5-4-8-19(22)12-11-18-7-6-9-20(15-18)29-3/h4-10,15,21H,11-14,16-17H2,1-3H3,(H2,25,27)/t21-/m0/s1. The van der Waals surface area contributed by atoms with E-state index in [2.05, 4.69) is 6.07 Å². The lowest BCUT2D eigenvalue weighted by Gasteiger charge is -2.22. The van der Waals surface area contributed by atoms with E-state index in [9.17, 15) is 9.59 Å². The molecule has 0 aliphatic rings. The molecule has 0 aliphatic heterocycles. The first-order valence-electron chi connectivity index (χ1n) is 10.3. The lowest BCUT2D eigenvalue weighted by Crippen LogP contribution is -2.35. The Morgan fingerprint density at radius 1 is 1.03 bits per heavy atom. The first kappa shape index (κ1) is 24.2. The van der Waals surface area contributed by atoms with Crippen LogP contribution in [0.2, 0.25) is 0 Å². The molecule has 7 heteroatoms. The number of likely N-dealkylation sites (N-methyl/N-ethyl adjacent to an activating group) is 1. The smallest absolute Gasteiger partial charge is 0.306 e. The van der Waals surface area contributed by atoms with Gasteiger partial charge in [-0.3, -0.25) is 9.59 Å². The van der Waals surface area contributed by atoms with Crippen LogP contribution < -0.4 is 15.2 Å². The SMILES string of the molecule is COc1cccc(CCc2ccccc2OC[C@H](CN(C)C)OC(=O)CCC(N)=O)c1. The van der Waals surface area contributed by atoms with Crippen molar-refractivity contribution in [3.8, 4) is 11.5 Å². The molecule has 0 bridgehead atoms. The minimum absolute atomic E-state index is 0.0263. The summed E-state index contributed by atoms with van der Waals surface area (Å²) in [5, 5.41) is 0. The van der Waals surface area contributed by atoms with Crippen molar-refractivity contribution in [3.05, 3.63) is 59.7 Å². The molecule has 0 spiro atoms. The van der Waals surface area contributed by atoms with Crippen molar-refractivity contribution in [3.63, 3.8) is 0 Å². The predicted molar refractivity (Wildman–Crippen MR) is 119 cm³/mol. The molecule has 31 heavy (non-hydrogen) atoms. The van der Waals surface area contributed by atoms with Crippen molar-refractivity contribution in [2.24, 2.45) is 5.73 Å². The zero-order valence-corrected chi connectivity index (χ0v) is 18.5. The largest absolute Gasteiger partial charge is 0.497 e. The summed E-state index contributed by atoms with van der Waals surface area (Å²) < 4.78 is 16.8. The van der Waals surface area contributed by atoms with Crippen molar-refractivity contribution >= 4 is 11.9 Å². The van der Waals surface area contributed by atoms with Gasteiger partial charge in [0, 0.05) is 13.0 Å². The van der Waals surface area contributed by atoms with Crippen LogP contribution in [-0.4, -0.2) is 57.2 Å². The van der Waals surface area contributed by atoms with Crippen LogP contribution in [0.5, 0.6) is 11.5 Å². The summed E-state index contributed by atoms with van der Waals surface area (Å²) in [6.07, 6.45) is 1.14. The van der Waals surface area contributed by atoms with E-state index in [4.69, 9.17) is 19.9 Å². The van der Waals surface area contributed by atoms with E-state index in [0.29, 0.717) is 6.54 Å². The van der Waals surface area contributed by atoms with Crippen LogP contribution in [0.4, 0.5) is 0 Å². The number of amides is 1. The number of aryl methyl sites for hydroxylation is 2. The molecule has 2 rings (SSSR count). The van der Waals surface area contributed by atoms with Crippen LogP contribution >= 0.6 is 0 Å². The maximum absolute atomic E-state index is 12.0. The highest BCUT2D eigenvalue weighted by Crippen LogP contribution is 2.22.